The summed E-state index contributed by atoms with van der Waals surface area (Å²) in [5, 5.41) is 6.54. The van der Waals surface area contributed by atoms with Gasteiger partial charge in [-0.05, 0) is 53.6 Å². The number of anilines is 3. The van der Waals surface area contributed by atoms with Gasteiger partial charge in [0.15, 0.2) is 0 Å². The summed E-state index contributed by atoms with van der Waals surface area (Å²) in [6, 6.07) is 4.65. The average molecular weight is 400 g/mol. The lowest BCUT2D eigenvalue weighted by Crippen LogP contribution is -2.09. The van der Waals surface area contributed by atoms with Gasteiger partial charge in [-0.3, -0.25) is 0 Å². The fourth-order valence-electron chi connectivity index (χ4n) is 2.07. The van der Waals surface area contributed by atoms with Crippen molar-refractivity contribution >= 4 is 39.9 Å². The molecular formula is C15H18FIN4. The molecule has 0 aliphatic heterocycles. The molecule has 4 nitrogen and oxygen atoms in total. The Balaban J connectivity index is 2.41. The zero-order valence-corrected chi connectivity index (χ0v) is 14.4. The van der Waals surface area contributed by atoms with Gasteiger partial charge in [0.25, 0.3) is 0 Å². The molecule has 0 fully saturated rings. The van der Waals surface area contributed by atoms with Crippen LogP contribution in [0.2, 0.25) is 0 Å². The van der Waals surface area contributed by atoms with Crippen molar-refractivity contribution < 1.29 is 4.39 Å². The van der Waals surface area contributed by atoms with Crippen LogP contribution in [0.3, 0.4) is 0 Å². The summed E-state index contributed by atoms with van der Waals surface area (Å²) < 4.78 is 14.0. The molecule has 6 heteroatoms. The Morgan fingerprint density at radius 3 is 2.57 bits per heavy atom. The van der Waals surface area contributed by atoms with E-state index < -0.39 is 0 Å². The standard InChI is InChI=1S/C15H18FIN4/c1-4-18-14-13(9(2)3)15(20-8-19-14)21-12-6-5-10(16)7-11(12)17/h5-9H,4H2,1-3H3,(H2,18,19,20,21). The van der Waals surface area contributed by atoms with Crippen LogP contribution in [0.25, 0.3) is 0 Å². The minimum Gasteiger partial charge on any atom is -0.370 e. The molecule has 21 heavy (non-hydrogen) atoms. The molecule has 0 unspecified atom stereocenters. The van der Waals surface area contributed by atoms with Crippen molar-refractivity contribution in [1.29, 1.82) is 0 Å². The first-order valence-corrected chi connectivity index (χ1v) is 7.91. The number of halogens is 2. The third-order valence-electron chi connectivity index (χ3n) is 2.99. The van der Waals surface area contributed by atoms with Gasteiger partial charge in [-0.2, -0.15) is 0 Å². The summed E-state index contributed by atoms with van der Waals surface area (Å²) in [5.74, 6) is 1.61. The molecule has 0 spiro atoms. The normalized spacial score (nSPS) is 10.8. The van der Waals surface area contributed by atoms with Crippen LogP contribution in [0.15, 0.2) is 24.5 Å². The Hall–Kier alpha value is -1.44. The first-order chi connectivity index (χ1) is 10.0. The highest BCUT2D eigenvalue weighted by atomic mass is 127. The minimum absolute atomic E-state index is 0.245. The topological polar surface area (TPSA) is 49.8 Å². The maximum Gasteiger partial charge on any atom is 0.139 e. The van der Waals surface area contributed by atoms with E-state index in [2.05, 4.69) is 57.0 Å². The van der Waals surface area contributed by atoms with E-state index in [9.17, 15) is 4.39 Å². The van der Waals surface area contributed by atoms with Crippen molar-refractivity contribution in [3.05, 3.63) is 39.5 Å². The van der Waals surface area contributed by atoms with Crippen molar-refractivity contribution in [2.24, 2.45) is 0 Å². The van der Waals surface area contributed by atoms with Crippen molar-refractivity contribution in [3.8, 4) is 0 Å². The predicted molar refractivity (Wildman–Crippen MR) is 92.7 cm³/mol. The number of hydrogen-bond acceptors (Lipinski definition) is 4. The van der Waals surface area contributed by atoms with Crippen molar-refractivity contribution in [3.63, 3.8) is 0 Å². The second-order valence-electron chi connectivity index (χ2n) is 4.92. The van der Waals surface area contributed by atoms with Crippen LogP contribution >= 0.6 is 22.6 Å². The Kier molecular flexibility index (Phi) is 5.33. The molecule has 2 rings (SSSR count). The molecule has 1 aromatic heterocycles. The Morgan fingerprint density at radius 1 is 1.24 bits per heavy atom. The van der Waals surface area contributed by atoms with E-state index >= 15 is 0 Å². The summed E-state index contributed by atoms with van der Waals surface area (Å²) in [5.41, 5.74) is 1.86. The van der Waals surface area contributed by atoms with Gasteiger partial charge < -0.3 is 10.6 Å². The van der Waals surface area contributed by atoms with Gasteiger partial charge in [0, 0.05) is 15.7 Å². The highest BCUT2D eigenvalue weighted by Gasteiger charge is 2.15. The van der Waals surface area contributed by atoms with Crippen LogP contribution in [-0.4, -0.2) is 16.5 Å². The lowest BCUT2D eigenvalue weighted by Gasteiger charge is -2.18. The zero-order valence-electron chi connectivity index (χ0n) is 12.2. The van der Waals surface area contributed by atoms with Gasteiger partial charge in [0.2, 0.25) is 0 Å². The van der Waals surface area contributed by atoms with Gasteiger partial charge >= 0.3 is 0 Å². The maximum absolute atomic E-state index is 13.2. The van der Waals surface area contributed by atoms with E-state index in [1.807, 2.05) is 6.92 Å². The van der Waals surface area contributed by atoms with Crippen LogP contribution in [0, 0.1) is 9.39 Å². The van der Waals surface area contributed by atoms with Gasteiger partial charge in [0.05, 0.1) is 5.69 Å². The highest BCUT2D eigenvalue weighted by molar-refractivity contribution is 14.1. The van der Waals surface area contributed by atoms with Crippen molar-refractivity contribution in [1.82, 2.24) is 9.97 Å². The lowest BCUT2D eigenvalue weighted by atomic mass is 10.0. The number of nitrogens with one attached hydrogen (secondary N) is 2. The SMILES string of the molecule is CCNc1ncnc(Nc2ccc(F)cc2I)c1C(C)C. The number of aromatic nitrogens is 2. The van der Waals surface area contributed by atoms with E-state index in [4.69, 9.17) is 0 Å². The van der Waals surface area contributed by atoms with Gasteiger partial charge in [0.1, 0.15) is 23.8 Å². The molecule has 0 aliphatic rings. The summed E-state index contributed by atoms with van der Waals surface area (Å²) in [6.07, 6.45) is 1.53. The molecular weight excluding hydrogens is 382 g/mol. The Morgan fingerprint density at radius 2 is 1.95 bits per heavy atom. The van der Waals surface area contributed by atoms with Crippen molar-refractivity contribution in [2.75, 3.05) is 17.2 Å². The molecule has 2 aromatic rings. The average Bonchev–Trinajstić information content (AvgIpc) is 2.42. The van der Waals surface area contributed by atoms with Gasteiger partial charge in [-0.1, -0.05) is 13.8 Å². The molecule has 2 N–H and O–H groups in total. The molecule has 0 amide bonds. The van der Waals surface area contributed by atoms with Crippen LogP contribution in [0.1, 0.15) is 32.3 Å². The maximum atomic E-state index is 13.2. The number of nitrogens with zero attached hydrogens (tertiary/aromatic N) is 2. The minimum atomic E-state index is -0.245. The quantitative estimate of drug-likeness (QED) is 0.725. The largest absolute Gasteiger partial charge is 0.370 e. The third kappa shape index (κ3) is 3.81. The molecule has 0 bridgehead atoms. The highest BCUT2D eigenvalue weighted by Crippen LogP contribution is 2.31. The zero-order chi connectivity index (χ0) is 15.4. The van der Waals surface area contributed by atoms with Crippen LogP contribution in [0.5, 0.6) is 0 Å². The molecule has 0 radical (unpaired) electrons. The monoisotopic (exact) mass is 400 g/mol. The smallest absolute Gasteiger partial charge is 0.139 e. The molecule has 0 saturated heterocycles. The second-order valence-corrected chi connectivity index (χ2v) is 6.08. The molecule has 1 aromatic carbocycles. The fourth-order valence-corrected chi connectivity index (χ4v) is 2.68. The summed E-state index contributed by atoms with van der Waals surface area (Å²) in [4.78, 5) is 8.65. The molecule has 0 atom stereocenters. The van der Waals surface area contributed by atoms with E-state index in [1.165, 1.54) is 18.5 Å². The Labute approximate surface area is 137 Å². The van der Waals surface area contributed by atoms with Gasteiger partial charge in [-0.15, -0.1) is 0 Å². The molecule has 112 valence electrons. The van der Waals surface area contributed by atoms with E-state index in [-0.39, 0.29) is 11.7 Å². The van der Waals surface area contributed by atoms with E-state index in [1.54, 1.807) is 6.07 Å². The van der Waals surface area contributed by atoms with Crippen LogP contribution in [-0.2, 0) is 0 Å². The van der Waals surface area contributed by atoms with E-state index in [0.29, 0.717) is 0 Å². The number of hydrogen-bond donors (Lipinski definition) is 2. The third-order valence-corrected chi connectivity index (χ3v) is 3.88. The first kappa shape index (κ1) is 15.9. The fraction of sp³-hybridized carbons (Fsp3) is 0.333. The lowest BCUT2D eigenvalue weighted by molar-refractivity contribution is 0.627. The molecule has 1 heterocycles. The van der Waals surface area contributed by atoms with Crippen molar-refractivity contribution in [2.45, 2.75) is 26.7 Å². The van der Waals surface area contributed by atoms with E-state index in [0.717, 1.165) is 33.0 Å². The summed E-state index contributed by atoms with van der Waals surface area (Å²) >= 11 is 2.11. The summed E-state index contributed by atoms with van der Waals surface area (Å²) in [7, 11) is 0. The van der Waals surface area contributed by atoms with Crippen LogP contribution in [0.4, 0.5) is 21.7 Å². The molecule has 0 saturated carbocycles. The van der Waals surface area contributed by atoms with Crippen LogP contribution < -0.4 is 10.6 Å². The second kappa shape index (κ2) is 7.02. The number of rotatable bonds is 5. The summed E-state index contributed by atoms with van der Waals surface area (Å²) in [6.45, 7) is 7.02. The van der Waals surface area contributed by atoms with Gasteiger partial charge in [-0.25, -0.2) is 14.4 Å². The molecule has 0 aliphatic carbocycles. The Bertz CT molecular complexity index is 631. The first-order valence-electron chi connectivity index (χ1n) is 6.83. The number of benzene rings is 1. The predicted octanol–water partition coefficient (Wildman–Crippen LogP) is 4.52.